The minimum absolute atomic E-state index is 0.190. The van der Waals surface area contributed by atoms with Crippen LogP contribution in [-0.2, 0) is 0 Å². The molecule has 4 nitrogen and oxygen atoms in total. The zero-order valence-electron chi connectivity index (χ0n) is 12.2. The summed E-state index contributed by atoms with van der Waals surface area (Å²) in [7, 11) is 0. The molecule has 0 aliphatic heterocycles. The van der Waals surface area contributed by atoms with Gasteiger partial charge >= 0.3 is 0 Å². The van der Waals surface area contributed by atoms with Gasteiger partial charge in [-0.15, -0.1) is 0 Å². The molecular formula is C15H24N2O2S. The Bertz CT molecular complexity index is 424. The molecule has 112 valence electrons. The van der Waals surface area contributed by atoms with Gasteiger partial charge in [-0.2, -0.15) is 0 Å². The second-order valence-electron chi connectivity index (χ2n) is 4.95. The fraction of sp³-hybridized carbons (Fsp3) is 0.533. The van der Waals surface area contributed by atoms with E-state index in [9.17, 15) is 0 Å². The number of ether oxygens (including phenoxy) is 1. The first-order valence-electron chi connectivity index (χ1n) is 6.92. The Kier molecular flexibility index (Phi) is 7.51. The molecule has 5 heteroatoms. The van der Waals surface area contributed by atoms with Crippen molar-refractivity contribution in [3.8, 4) is 5.75 Å². The van der Waals surface area contributed by atoms with Gasteiger partial charge in [0.15, 0.2) is 0 Å². The molecule has 1 aromatic carbocycles. The average molecular weight is 296 g/mol. The van der Waals surface area contributed by atoms with Crippen LogP contribution < -0.4 is 10.5 Å². The third kappa shape index (κ3) is 5.86. The van der Waals surface area contributed by atoms with Crippen molar-refractivity contribution >= 4 is 17.2 Å². The van der Waals surface area contributed by atoms with E-state index < -0.39 is 0 Å². The predicted octanol–water partition coefficient (Wildman–Crippen LogP) is 1.79. The molecule has 0 radical (unpaired) electrons. The number of hydrogen-bond acceptors (Lipinski definition) is 4. The second kappa shape index (κ2) is 8.89. The third-order valence-electron chi connectivity index (χ3n) is 3.09. The van der Waals surface area contributed by atoms with Gasteiger partial charge < -0.3 is 15.6 Å². The highest BCUT2D eigenvalue weighted by atomic mass is 32.1. The molecule has 0 aromatic heterocycles. The Hall–Kier alpha value is -1.17. The summed E-state index contributed by atoms with van der Waals surface area (Å²) in [5.74, 6) is 0.786. The Morgan fingerprint density at radius 1 is 1.40 bits per heavy atom. The van der Waals surface area contributed by atoms with E-state index >= 15 is 0 Å². The van der Waals surface area contributed by atoms with Crippen LogP contribution in [0.15, 0.2) is 24.3 Å². The molecule has 0 fully saturated rings. The maximum Gasteiger partial charge on any atom is 0.119 e. The van der Waals surface area contributed by atoms with E-state index in [2.05, 4.69) is 18.7 Å². The predicted molar refractivity (Wildman–Crippen MR) is 86.2 cm³/mol. The van der Waals surface area contributed by atoms with Gasteiger partial charge in [0.05, 0.1) is 13.2 Å². The molecule has 0 saturated carbocycles. The lowest BCUT2D eigenvalue weighted by molar-refractivity contribution is 0.155. The largest absolute Gasteiger partial charge is 0.494 e. The number of aliphatic hydroxyl groups excluding tert-OH is 1. The van der Waals surface area contributed by atoms with Crippen LogP contribution in [0.1, 0.15) is 25.8 Å². The summed E-state index contributed by atoms with van der Waals surface area (Å²) in [4.78, 5) is 2.61. The van der Waals surface area contributed by atoms with Crippen LogP contribution in [0.2, 0.25) is 0 Å². The molecule has 0 heterocycles. The zero-order chi connectivity index (χ0) is 15.0. The van der Waals surface area contributed by atoms with E-state index in [1.54, 1.807) is 0 Å². The Morgan fingerprint density at radius 2 is 2.15 bits per heavy atom. The number of rotatable bonds is 9. The van der Waals surface area contributed by atoms with Gasteiger partial charge in [-0.1, -0.05) is 24.4 Å². The molecular weight excluding hydrogens is 272 g/mol. The number of benzene rings is 1. The first-order valence-corrected chi connectivity index (χ1v) is 7.33. The monoisotopic (exact) mass is 296 g/mol. The van der Waals surface area contributed by atoms with Gasteiger partial charge in [-0.05, 0) is 32.4 Å². The van der Waals surface area contributed by atoms with Crippen LogP contribution in [0.5, 0.6) is 5.75 Å². The Balaban J connectivity index is 2.37. The fourth-order valence-electron chi connectivity index (χ4n) is 1.95. The quantitative estimate of drug-likeness (QED) is 0.537. The molecule has 0 amide bonds. The molecule has 0 saturated heterocycles. The van der Waals surface area contributed by atoms with Crippen LogP contribution in [0.3, 0.4) is 0 Å². The van der Waals surface area contributed by atoms with E-state index in [1.165, 1.54) is 0 Å². The van der Waals surface area contributed by atoms with E-state index in [1.807, 2.05) is 24.3 Å². The van der Waals surface area contributed by atoms with Crippen LogP contribution >= 0.6 is 12.2 Å². The van der Waals surface area contributed by atoms with Crippen molar-refractivity contribution < 1.29 is 9.84 Å². The Labute approximate surface area is 126 Å². The number of hydrogen-bond donors (Lipinski definition) is 2. The SMILES string of the molecule is CC(C)N(CCO)CCCOc1cccc(C(N)=S)c1. The third-order valence-corrected chi connectivity index (χ3v) is 3.33. The van der Waals surface area contributed by atoms with Gasteiger partial charge in [0, 0.05) is 24.7 Å². The molecule has 0 atom stereocenters. The van der Waals surface area contributed by atoms with E-state index in [0.717, 1.165) is 24.3 Å². The maximum absolute atomic E-state index is 9.01. The van der Waals surface area contributed by atoms with Crippen LogP contribution in [0.4, 0.5) is 0 Å². The van der Waals surface area contributed by atoms with Crippen LogP contribution in [0.25, 0.3) is 0 Å². The topological polar surface area (TPSA) is 58.7 Å². The number of nitrogens with two attached hydrogens (primary N) is 1. The van der Waals surface area contributed by atoms with Crippen LogP contribution in [0, 0.1) is 0 Å². The highest BCUT2D eigenvalue weighted by Gasteiger charge is 2.08. The molecule has 0 bridgehead atoms. The molecule has 0 aliphatic carbocycles. The van der Waals surface area contributed by atoms with E-state index in [0.29, 0.717) is 24.2 Å². The summed E-state index contributed by atoms with van der Waals surface area (Å²) < 4.78 is 5.70. The van der Waals surface area contributed by atoms with Gasteiger partial charge in [-0.25, -0.2) is 0 Å². The Morgan fingerprint density at radius 3 is 2.75 bits per heavy atom. The lowest BCUT2D eigenvalue weighted by atomic mass is 10.2. The number of aliphatic hydroxyl groups is 1. The summed E-state index contributed by atoms with van der Waals surface area (Å²) in [6.07, 6.45) is 0.912. The van der Waals surface area contributed by atoms with Crippen molar-refractivity contribution in [2.24, 2.45) is 5.73 Å². The van der Waals surface area contributed by atoms with Gasteiger partial charge in [0.25, 0.3) is 0 Å². The normalized spacial score (nSPS) is 11.1. The summed E-state index contributed by atoms with van der Waals surface area (Å²) in [6.45, 7) is 6.69. The summed E-state index contributed by atoms with van der Waals surface area (Å²) in [6, 6.07) is 7.94. The maximum atomic E-state index is 9.01. The van der Waals surface area contributed by atoms with Crippen molar-refractivity contribution in [3.63, 3.8) is 0 Å². The molecule has 20 heavy (non-hydrogen) atoms. The summed E-state index contributed by atoms with van der Waals surface area (Å²) in [5.41, 5.74) is 6.41. The van der Waals surface area contributed by atoms with Gasteiger partial charge in [0.1, 0.15) is 10.7 Å². The minimum Gasteiger partial charge on any atom is -0.494 e. The fourth-order valence-corrected chi connectivity index (χ4v) is 2.08. The molecule has 3 N–H and O–H groups in total. The standard InChI is InChI=1S/C15H24N2O2S/c1-12(2)17(8-9-18)7-4-10-19-14-6-3-5-13(11-14)15(16)20/h3,5-6,11-12,18H,4,7-10H2,1-2H3,(H2,16,20). The summed E-state index contributed by atoms with van der Waals surface area (Å²) >= 11 is 4.94. The lowest BCUT2D eigenvalue weighted by Crippen LogP contribution is -2.34. The highest BCUT2D eigenvalue weighted by molar-refractivity contribution is 7.80. The number of nitrogens with zero attached hydrogens (tertiary/aromatic N) is 1. The first kappa shape index (κ1) is 16.9. The molecule has 1 rings (SSSR count). The van der Waals surface area contributed by atoms with E-state index in [4.69, 9.17) is 27.8 Å². The molecule has 0 unspecified atom stereocenters. The van der Waals surface area contributed by atoms with Crippen molar-refractivity contribution in [3.05, 3.63) is 29.8 Å². The smallest absolute Gasteiger partial charge is 0.119 e. The highest BCUT2D eigenvalue weighted by Crippen LogP contribution is 2.13. The molecule has 0 spiro atoms. The lowest BCUT2D eigenvalue weighted by Gasteiger charge is -2.25. The van der Waals surface area contributed by atoms with Gasteiger partial charge in [-0.3, -0.25) is 4.90 Å². The average Bonchev–Trinajstić information content (AvgIpc) is 2.42. The summed E-state index contributed by atoms with van der Waals surface area (Å²) in [5, 5.41) is 9.01. The number of thiocarbonyl (C=S) groups is 1. The van der Waals surface area contributed by atoms with Crippen molar-refractivity contribution in [2.45, 2.75) is 26.3 Å². The van der Waals surface area contributed by atoms with Crippen molar-refractivity contribution in [2.75, 3.05) is 26.3 Å². The molecule has 1 aromatic rings. The van der Waals surface area contributed by atoms with Crippen molar-refractivity contribution in [1.29, 1.82) is 0 Å². The second-order valence-corrected chi connectivity index (χ2v) is 5.39. The van der Waals surface area contributed by atoms with E-state index in [-0.39, 0.29) is 6.61 Å². The zero-order valence-corrected chi connectivity index (χ0v) is 13.0. The van der Waals surface area contributed by atoms with Crippen molar-refractivity contribution in [1.82, 2.24) is 4.90 Å². The first-order chi connectivity index (χ1) is 9.54. The minimum atomic E-state index is 0.190. The molecule has 0 aliphatic rings. The van der Waals surface area contributed by atoms with Gasteiger partial charge in [0.2, 0.25) is 0 Å². The van der Waals surface area contributed by atoms with Crippen LogP contribution in [-0.4, -0.2) is 47.3 Å².